The second-order valence-electron chi connectivity index (χ2n) is 4.66. The first-order valence-electron chi connectivity index (χ1n) is 5.94. The van der Waals surface area contributed by atoms with E-state index in [2.05, 4.69) is 36.1 Å². The summed E-state index contributed by atoms with van der Waals surface area (Å²) in [6.45, 7) is 9.03. The quantitative estimate of drug-likeness (QED) is 0.642. The van der Waals surface area contributed by atoms with Crippen LogP contribution in [0.1, 0.15) is 27.7 Å². The summed E-state index contributed by atoms with van der Waals surface area (Å²) < 4.78 is 4.62. The zero-order valence-corrected chi connectivity index (χ0v) is 11.4. The fourth-order valence-electron chi connectivity index (χ4n) is 1.27. The Balaban J connectivity index is 4.08. The van der Waals surface area contributed by atoms with Gasteiger partial charge < -0.3 is 15.4 Å². The molecule has 0 spiro atoms. The smallest absolute Gasteiger partial charge is 0.329 e. The predicted octanol–water partition coefficient (Wildman–Crippen LogP) is 0.546. The molecule has 0 aromatic rings. The number of esters is 1. The molecule has 100 valence electrons. The number of hydrogen-bond acceptors (Lipinski definition) is 4. The Kier molecular flexibility index (Phi) is 7.54. The van der Waals surface area contributed by atoms with Crippen molar-refractivity contribution in [2.75, 3.05) is 20.2 Å². The largest absolute Gasteiger partial charge is 0.467 e. The Morgan fingerprint density at radius 2 is 1.76 bits per heavy atom. The molecule has 2 N–H and O–H groups in total. The van der Waals surface area contributed by atoms with Crippen LogP contribution in [0.2, 0.25) is 0 Å². The van der Waals surface area contributed by atoms with E-state index < -0.39 is 12.0 Å². The summed E-state index contributed by atoms with van der Waals surface area (Å²) >= 11 is 0. The monoisotopic (exact) mass is 244 g/mol. The van der Waals surface area contributed by atoms with Crippen LogP contribution in [0.3, 0.4) is 0 Å². The van der Waals surface area contributed by atoms with E-state index in [1.807, 2.05) is 0 Å². The van der Waals surface area contributed by atoms with Crippen molar-refractivity contribution < 1.29 is 14.3 Å². The lowest BCUT2D eigenvalue weighted by atomic mass is 9.98. The molecule has 0 bridgehead atoms. The highest BCUT2D eigenvalue weighted by Crippen LogP contribution is 2.07. The fourth-order valence-corrected chi connectivity index (χ4v) is 1.27. The average molecular weight is 244 g/mol. The molecule has 0 aromatic carbocycles. The minimum absolute atomic E-state index is 0.237. The zero-order valence-electron chi connectivity index (χ0n) is 11.4. The fraction of sp³-hybridized carbons (Fsp3) is 0.833. The number of amides is 1. The summed E-state index contributed by atoms with van der Waals surface area (Å²) in [4.78, 5) is 22.3. The van der Waals surface area contributed by atoms with E-state index >= 15 is 0 Å². The SMILES string of the molecule is COC(=O)C(CNCC(C)C(C)C)NC(C)=O. The minimum Gasteiger partial charge on any atom is -0.467 e. The first-order valence-corrected chi connectivity index (χ1v) is 5.94. The van der Waals surface area contributed by atoms with Gasteiger partial charge in [0.05, 0.1) is 7.11 Å². The van der Waals surface area contributed by atoms with Crippen LogP contribution >= 0.6 is 0 Å². The minimum atomic E-state index is -0.614. The summed E-state index contributed by atoms with van der Waals surface area (Å²) in [6.07, 6.45) is 0. The number of nitrogens with one attached hydrogen (secondary N) is 2. The second-order valence-corrected chi connectivity index (χ2v) is 4.66. The van der Waals surface area contributed by atoms with Crippen molar-refractivity contribution in [1.29, 1.82) is 0 Å². The van der Waals surface area contributed by atoms with Gasteiger partial charge in [-0.3, -0.25) is 4.79 Å². The maximum Gasteiger partial charge on any atom is 0.329 e. The zero-order chi connectivity index (χ0) is 13.4. The molecule has 1 amide bonds. The Morgan fingerprint density at radius 1 is 1.18 bits per heavy atom. The Morgan fingerprint density at radius 3 is 2.18 bits per heavy atom. The number of methoxy groups -OCH3 is 1. The van der Waals surface area contributed by atoms with Gasteiger partial charge in [0, 0.05) is 13.5 Å². The Bertz CT molecular complexity index is 254. The van der Waals surface area contributed by atoms with Gasteiger partial charge in [-0.15, -0.1) is 0 Å². The average Bonchev–Trinajstić information content (AvgIpc) is 2.25. The summed E-state index contributed by atoms with van der Waals surface area (Å²) in [5, 5.41) is 5.73. The third-order valence-electron chi connectivity index (χ3n) is 2.82. The maximum atomic E-state index is 11.4. The van der Waals surface area contributed by atoms with Crippen LogP contribution in [0.15, 0.2) is 0 Å². The van der Waals surface area contributed by atoms with Crippen LogP contribution in [0.25, 0.3) is 0 Å². The standard InChI is InChI=1S/C12H24N2O3/c1-8(2)9(3)6-13-7-11(12(16)17-5)14-10(4)15/h8-9,11,13H,6-7H2,1-5H3,(H,14,15). The number of carbonyl (C=O) groups excluding carboxylic acids is 2. The molecule has 0 aliphatic rings. The van der Waals surface area contributed by atoms with Crippen LogP contribution in [0, 0.1) is 11.8 Å². The van der Waals surface area contributed by atoms with Crippen LogP contribution < -0.4 is 10.6 Å². The number of hydrogen-bond donors (Lipinski definition) is 2. The van der Waals surface area contributed by atoms with Crippen molar-refractivity contribution in [1.82, 2.24) is 10.6 Å². The molecule has 0 rings (SSSR count). The molecule has 17 heavy (non-hydrogen) atoms. The molecule has 0 aliphatic carbocycles. The molecule has 5 nitrogen and oxygen atoms in total. The normalized spacial score (nSPS) is 14.2. The lowest BCUT2D eigenvalue weighted by Gasteiger charge is -2.19. The molecule has 2 atom stereocenters. The predicted molar refractivity (Wildman–Crippen MR) is 66.5 cm³/mol. The molecule has 0 saturated heterocycles. The Hall–Kier alpha value is -1.10. The highest BCUT2D eigenvalue weighted by Gasteiger charge is 2.19. The maximum absolute atomic E-state index is 11.4. The Labute approximate surface area is 103 Å². The number of ether oxygens (including phenoxy) is 1. The van der Waals surface area contributed by atoms with Crippen molar-refractivity contribution in [3.05, 3.63) is 0 Å². The molecular weight excluding hydrogens is 220 g/mol. The van der Waals surface area contributed by atoms with Crippen LogP contribution in [0.5, 0.6) is 0 Å². The second kappa shape index (κ2) is 8.06. The molecule has 0 radical (unpaired) electrons. The van der Waals surface area contributed by atoms with Crippen molar-refractivity contribution in [3.8, 4) is 0 Å². The molecule has 2 unspecified atom stereocenters. The third kappa shape index (κ3) is 6.94. The molecule has 5 heteroatoms. The molecule has 0 aromatic heterocycles. The third-order valence-corrected chi connectivity index (χ3v) is 2.82. The van der Waals surface area contributed by atoms with Crippen molar-refractivity contribution in [2.24, 2.45) is 11.8 Å². The van der Waals surface area contributed by atoms with E-state index in [1.165, 1.54) is 14.0 Å². The summed E-state index contributed by atoms with van der Waals surface area (Å²) in [6, 6.07) is -0.614. The topological polar surface area (TPSA) is 67.4 Å². The number of rotatable bonds is 7. The van der Waals surface area contributed by atoms with E-state index in [0.29, 0.717) is 18.4 Å². The lowest BCUT2D eigenvalue weighted by Crippen LogP contribution is -2.47. The van der Waals surface area contributed by atoms with Gasteiger partial charge in [0.2, 0.25) is 5.91 Å². The van der Waals surface area contributed by atoms with Gasteiger partial charge in [0.1, 0.15) is 6.04 Å². The van der Waals surface area contributed by atoms with Gasteiger partial charge >= 0.3 is 5.97 Å². The van der Waals surface area contributed by atoms with E-state index in [-0.39, 0.29) is 5.91 Å². The van der Waals surface area contributed by atoms with Crippen LogP contribution in [-0.4, -0.2) is 38.1 Å². The van der Waals surface area contributed by atoms with E-state index in [9.17, 15) is 9.59 Å². The van der Waals surface area contributed by atoms with E-state index in [0.717, 1.165) is 6.54 Å². The van der Waals surface area contributed by atoms with Gasteiger partial charge in [-0.2, -0.15) is 0 Å². The van der Waals surface area contributed by atoms with E-state index in [1.54, 1.807) is 0 Å². The number of carbonyl (C=O) groups is 2. The molecule has 0 aliphatic heterocycles. The van der Waals surface area contributed by atoms with Crippen LogP contribution in [0.4, 0.5) is 0 Å². The van der Waals surface area contributed by atoms with Gasteiger partial charge in [-0.25, -0.2) is 4.79 Å². The lowest BCUT2D eigenvalue weighted by molar-refractivity contribution is -0.144. The molecular formula is C12H24N2O3. The first-order chi connectivity index (χ1) is 7.88. The highest BCUT2D eigenvalue weighted by atomic mass is 16.5. The first kappa shape index (κ1) is 15.9. The molecule has 0 saturated carbocycles. The summed E-state index contributed by atoms with van der Waals surface area (Å²) in [5.74, 6) is 0.439. The molecule has 0 heterocycles. The van der Waals surface area contributed by atoms with Gasteiger partial charge in [-0.05, 0) is 18.4 Å². The van der Waals surface area contributed by atoms with Gasteiger partial charge in [-0.1, -0.05) is 20.8 Å². The van der Waals surface area contributed by atoms with Crippen molar-refractivity contribution in [2.45, 2.75) is 33.7 Å². The van der Waals surface area contributed by atoms with Gasteiger partial charge in [0.15, 0.2) is 0 Å². The van der Waals surface area contributed by atoms with Crippen LogP contribution in [-0.2, 0) is 14.3 Å². The summed E-state index contributed by atoms with van der Waals surface area (Å²) in [5.41, 5.74) is 0. The van der Waals surface area contributed by atoms with Crippen molar-refractivity contribution in [3.63, 3.8) is 0 Å². The van der Waals surface area contributed by atoms with E-state index in [4.69, 9.17) is 0 Å². The summed E-state index contributed by atoms with van der Waals surface area (Å²) in [7, 11) is 1.31. The van der Waals surface area contributed by atoms with Gasteiger partial charge in [0.25, 0.3) is 0 Å². The molecule has 0 fully saturated rings. The van der Waals surface area contributed by atoms with Crippen molar-refractivity contribution >= 4 is 11.9 Å². The highest BCUT2D eigenvalue weighted by molar-refractivity contribution is 5.83.